The predicted octanol–water partition coefficient (Wildman–Crippen LogP) is 1.57. The average molecular weight is 324 g/mol. The SMILES string of the molecule is COc1ccccc1OCC(=O)NCCNC(=O)OCC(C)C. The second-order valence-corrected chi connectivity index (χ2v) is 5.21. The highest BCUT2D eigenvalue weighted by Gasteiger charge is 2.07. The van der Waals surface area contributed by atoms with E-state index in [2.05, 4.69) is 10.6 Å². The Hall–Kier alpha value is -2.44. The molecule has 0 aliphatic heterocycles. The maximum Gasteiger partial charge on any atom is 0.407 e. The molecule has 0 fully saturated rings. The zero-order chi connectivity index (χ0) is 17.1. The molecular formula is C16H24N2O5. The molecule has 0 heterocycles. The first kappa shape index (κ1) is 18.6. The first-order valence-electron chi connectivity index (χ1n) is 7.46. The zero-order valence-corrected chi connectivity index (χ0v) is 13.8. The fourth-order valence-electron chi connectivity index (χ4n) is 1.59. The summed E-state index contributed by atoms with van der Waals surface area (Å²) in [7, 11) is 1.53. The number of carbonyl (C=O) groups excluding carboxylic acids is 2. The number of methoxy groups -OCH3 is 1. The number of alkyl carbamates (subject to hydrolysis) is 1. The van der Waals surface area contributed by atoms with Crippen LogP contribution < -0.4 is 20.1 Å². The highest BCUT2D eigenvalue weighted by Crippen LogP contribution is 2.25. The predicted molar refractivity (Wildman–Crippen MR) is 85.7 cm³/mol. The average Bonchev–Trinajstić information content (AvgIpc) is 2.55. The number of carbonyl (C=O) groups is 2. The van der Waals surface area contributed by atoms with Crippen LogP contribution in [0.15, 0.2) is 24.3 Å². The van der Waals surface area contributed by atoms with Crippen LogP contribution in [0.5, 0.6) is 11.5 Å². The van der Waals surface area contributed by atoms with Gasteiger partial charge in [-0.05, 0) is 18.1 Å². The molecule has 1 rings (SSSR count). The summed E-state index contributed by atoms with van der Waals surface area (Å²) in [6, 6.07) is 7.08. The maximum atomic E-state index is 11.7. The largest absolute Gasteiger partial charge is 0.493 e. The minimum atomic E-state index is -0.488. The number of hydrogen-bond donors (Lipinski definition) is 2. The number of benzene rings is 1. The molecule has 1 aromatic carbocycles. The second-order valence-electron chi connectivity index (χ2n) is 5.21. The molecule has 0 aliphatic rings. The van der Waals surface area contributed by atoms with Gasteiger partial charge in [0.05, 0.1) is 13.7 Å². The summed E-state index contributed by atoms with van der Waals surface area (Å²) in [5.74, 6) is 1.07. The zero-order valence-electron chi connectivity index (χ0n) is 13.8. The normalized spacial score (nSPS) is 10.1. The van der Waals surface area contributed by atoms with Crippen molar-refractivity contribution >= 4 is 12.0 Å². The number of rotatable bonds is 9. The first-order chi connectivity index (χ1) is 11.0. The van der Waals surface area contributed by atoms with E-state index in [9.17, 15) is 9.59 Å². The Bertz CT molecular complexity index is 505. The number of para-hydroxylation sites is 2. The fourth-order valence-corrected chi connectivity index (χ4v) is 1.59. The highest BCUT2D eigenvalue weighted by atomic mass is 16.5. The Morgan fingerprint density at radius 2 is 1.74 bits per heavy atom. The molecule has 0 atom stereocenters. The van der Waals surface area contributed by atoms with Crippen LogP contribution in [-0.2, 0) is 9.53 Å². The summed E-state index contributed by atoms with van der Waals surface area (Å²) in [4.78, 5) is 22.9. The monoisotopic (exact) mass is 324 g/mol. The third-order valence-corrected chi connectivity index (χ3v) is 2.69. The van der Waals surface area contributed by atoms with E-state index in [0.717, 1.165) is 0 Å². The van der Waals surface area contributed by atoms with Crippen molar-refractivity contribution in [2.45, 2.75) is 13.8 Å². The number of hydrogen-bond acceptors (Lipinski definition) is 5. The molecule has 0 radical (unpaired) electrons. The van der Waals surface area contributed by atoms with Gasteiger partial charge in [-0.2, -0.15) is 0 Å². The summed E-state index contributed by atoms with van der Waals surface area (Å²) in [5.41, 5.74) is 0. The van der Waals surface area contributed by atoms with Crippen LogP contribution in [0.2, 0.25) is 0 Å². The van der Waals surface area contributed by atoms with Crippen molar-refractivity contribution in [3.8, 4) is 11.5 Å². The topological polar surface area (TPSA) is 85.9 Å². The lowest BCUT2D eigenvalue weighted by Crippen LogP contribution is -2.37. The number of nitrogens with one attached hydrogen (secondary N) is 2. The molecule has 2 amide bonds. The van der Waals surface area contributed by atoms with Crippen molar-refractivity contribution in [3.05, 3.63) is 24.3 Å². The fraction of sp³-hybridized carbons (Fsp3) is 0.500. The van der Waals surface area contributed by atoms with Crippen LogP contribution in [0.3, 0.4) is 0 Å². The van der Waals surface area contributed by atoms with Crippen molar-refractivity contribution in [3.63, 3.8) is 0 Å². The maximum absolute atomic E-state index is 11.7. The molecule has 7 heteroatoms. The molecule has 0 aromatic heterocycles. The molecule has 0 spiro atoms. The first-order valence-corrected chi connectivity index (χ1v) is 7.46. The van der Waals surface area contributed by atoms with Gasteiger partial charge in [-0.1, -0.05) is 26.0 Å². The number of amides is 2. The van der Waals surface area contributed by atoms with Crippen LogP contribution in [0.1, 0.15) is 13.8 Å². The van der Waals surface area contributed by atoms with Crippen molar-refractivity contribution in [2.75, 3.05) is 33.4 Å². The van der Waals surface area contributed by atoms with E-state index in [0.29, 0.717) is 24.7 Å². The second kappa shape index (κ2) is 10.3. The van der Waals surface area contributed by atoms with Gasteiger partial charge < -0.3 is 24.8 Å². The summed E-state index contributed by atoms with van der Waals surface area (Å²) in [5, 5.41) is 5.18. The Balaban J connectivity index is 2.16. The molecule has 7 nitrogen and oxygen atoms in total. The van der Waals surface area contributed by atoms with Crippen LogP contribution in [0, 0.1) is 5.92 Å². The molecule has 128 valence electrons. The van der Waals surface area contributed by atoms with Gasteiger partial charge >= 0.3 is 6.09 Å². The van der Waals surface area contributed by atoms with E-state index in [1.165, 1.54) is 7.11 Å². The van der Waals surface area contributed by atoms with Crippen LogP contribution in [0.4, 0.5) is 4.79 Å². The third kappa shape index (κ3) is 7.94. The summed E-state index contributed by atoms with van der Waals surface area (Å²) >= 11 is 0. The Morgan fingerprint density at radius 1 is 1.09 bits per heavy atom. The molecule has 0 aliphatic carbocycles. The summed E-state index contributed by atoms with van der Waals surface area (Å²) in [6.07, 6.45) is -0.488. The quantitative estimate of drug-likeness (QED) is 0.674. The van der Waals surface area contributed by atoms with Gasteiger partial charge in [-0.15, -0.1) is 0 Å². The molecule has 0 saturated carbocycles. The molecule has 0 saturated heterocycles. The smallest absolute Gasteiger partial charge is 0.407 e. The Morgan fingerprint density at radius 3 is 2.39 bits per heavy atom. The Kier molecular flexibility index (Phi) is 8.34. The van der Waals surface area contributed by atoms with Gasteiger partial charge in [0.25, 0.3) is 5.91 Å². The molecule has 0 bridgehead atoms. The summed E-state index contributed by atoms with van der Waals surface area (Å²) < 4.78 is 15.4. The standard InChI is InChI=1S/C16H24N2O5/c1-12(2)10-23-16(20)18-9-8-17-15(19)11-22-14-7-5-4-6-13(14)21-3/h4-7,12H,8-11H2,1-3H3,(H,17,19)(H,18,20). The van der Waals surface area contributed by atoms with Gasteiger partial charge in [0.15, 0.2) is 18.1 Å². The minimum absolute atomic E-state index is 0.127. The molecule has 2 N–H and O–H groups in total. The highest BCUT2D eigenvalue weighted by molar-refractivity contribution is 5.77. The van der Waals surface area contributed by atoms with Crippen molar-refractivity contribution in [1.29, 1.82) is 0 Å². The lowest BCUT2D eigenvalue weighted by Gasteiger charge is -2.11. The van der Waals surface area contributed by atoms with Gasteiger partial charge in [-0.25, -0.2) is 4.79 Å². The van der Waals surface area contributed by atoms with Crippen LogP contribution >= 0.6 is 0 Å². The van der Waals surface area contributed by atoms with Gasteiger partial charge in [0, 0.05) is 13.1 Å². The molecule has 1 aromatic rings. The van der Waals surface area contributed by atoms with Gasteiger partial charge in [0.2, 0.25) is 0 Å². The minimum Gasteiger partial charge on any atom is -0.493 e. The van der Waals surface area contributed by atoms with Gasteiger partial charge in [0.1, 0.15) is 0 Å². The van der Waals surface area contributed by atoms with E-state index in [-0.39, 0.29) is 25.0 Å². The molecular weight excluding hydrogens is 300 g/mol. The lowest BCUT2D eigenvalue weighted by molar-refractivity contribution is -0.123. The lowest BCUT2D eigenvalue weighted by atomic mass is 10.2. The summed E-state index contributed by atoms with van der Waals surface area (Å²) in [6.45, 7) is 4.73. The van der Waals surface area contributed by atoms with E-state index in [1.54, 1.807) is 18.2 Å². The van der Waals surface area contributed by atoms with Crippen LogP contribution in [-0.4, -0.2) is 45.4 Å². The van der Waals surface area contributed by atoms with Crippen LogP contribution in [0.25, 0.3) is 0 Å². The number of ether oxygens (including phenoxy) is 3. The molecule has 23 heavy (non-hydrogen) atoms. The van der Waals surface area contributed by atoms with Gasteiger partial charge in [-0.3, -0.25) is 4.79 Å². The molecule has 0 unspecified atom stereocenters. The van der Waals surface area contributed by atoms with E-state index >= 15 is 0 Å². The van der Waals surface area contributed by atoms with E-state index in [1.807, 2.05) is 19.9 Å². The van der Waals surface area contributed by atoms with Crippen molar-refractivity contribution in [2.24, 2.45) is 5.92 Å². The Labute approximate surface area is 136 Å². The van der Waals surface area contributed by atoms with E-state index < -0.39 is 6.09 Å². The third-order valence-electron chi connectivity index (χ3n) is 2.69. The van der Waals surface area contributed by atoms with Crippen molar-refractivity contribution < 1.29 is 23.8 Å². The van der Waals surface area contributed by atoms with Crippen molar-refractivity contribution in [1.82, 2.24) is 10.6 Å². The van der Waals surface area contributed by atoms with E-state index in [4.69, 9.17) is 14.2 Å².